The summed E-state index contributed by atoms with van der Waals surface area (Å²) in [6, 6.07) is 5.55. The van der Waals surface area contributed by atoms with Crippen LogP contribution in [0.3, 0.4) is 0 Å². The van der Waals surface area contributed by atoms with Crippen molar-refractivity contribution in [2.24, 2.45) is 11.8 Å². The number of benzene rings is 1. The van der Waals surface area contributed by atoms with Crippen LogP contribution in [-0.2, 0) is 16.1 Å². The second-order valence-corrected chi connectivity index (χ2v) is 5.41. The lowest BCUT2D eigenvalue weighted by molar-refractivity contribution is -0.141. The maximum Gasteiger partial charge on any atom is 0.306 e. The van der Waals surface area contributed by atoms with E-state index in [4.69, 9.17) is 14.6 Å². The molecule has 1 aliphatic heterocycles. The zero-order chi connectivity index (χ0) is 14.8. The molecule has 1 aromatic carbocycles. The number of carbonyl (C=O) groups is 2. The highest BCUT2D eigenvalue weighted by Gasteiger charge is 2.33. The third kappa shape index (κ3) is 2.79. The molecule has 6 nitrogen and oxygen atoms in total. The highest BCUT2D eigenvalue weighted by Crippen LogP contribution is 2.35. The van der Waals surface area contributed by atoms with Gasteiger partial charge in [0.2, 0.25) is 12.7 Å². The second kappa shape index (κ2) is 5.63. The van der Waals surface area contributed by atoms with Gasteiger partial charge in [0.05, 0.1) is 5.92 Å². The average Bonchev–Trinajstić information content (AvgIpc) is 3.13. The van der Waals surface area contributed by atoms with E-state index in [1.54, 1.807) is 0 Å². The van der Waals surface area contributed by atoms with Crippen LogP contribution in [0.4, 0.5) is 0 Å². The molecule has 112 valence electrons. The Kier molecular flexibility index (Phi) is 3.68. The fourth-order valence-corrected chi connectivity index (χ4v) is 2.90. The lowest BCUT2D eigenvalue weighted by Gasteiger charge is -2.12. The van der Waals surface area contributed by atoms with Crippen LogP contribution in [0.25, 0.3) is 0 Å². The van der Waals surface area contributed by atoms with Gasteiger partial charge in [-0.15, -0.1) is 0 Å². The molecule has 2 aliphatic rings. The predicted octanol–water partition coefficient (Wildman–Crippen LogP) is 1.53. The first-order valence-electron chi connectivity index (χ1n) is 7.03. The Morgan fingerprint density at radius 3 is 2.81 bits per heavy atom. The van der Waals surface area contributed by atoms with Gasteiger partial charge in [0.25, 0.3) is 0 Å². The summed E-state index contributed by atoms with van der Waals surface area (Å²) in [7, 11) is 0. The third-order valence-corrected chi connectivity index (χ3v) is 4.08. The Hall–Kier alpha value is -2.24. The topological polar surface area (TPSA) is 84.9 Å². The molecule has 2 N–H and O–H groups in total. The number of para-hydroxylation sites is 1. The monoisotopic (exact) mass is 291 g/mol. The van der Waals surface area contributed by atoms with Crippen LogP contribution in [0.5, 0.6) is 11.5 Å². The summed E-state index contributed by atoms with van der Waals surface area (Å²) in [5.74, 6) is -0.133. The van der Waals surface area contributed by atoms with Gasteiger partial charge in [0.15, 0.2) is 11.5 Å². The van der Waals surface area contributed by atoms with Gasteiger partial charge in [0, 0.05) is 18.0 Å². The van der Waals surface area contributed by atoms with Crippen molar-refractivity contribution in [3.05, 3.63) is 23.8 Å². The summed E-state index contributed by atoms with van der Waals surface area (Å²) in [4.78, 5) is 23.0. The number of ether oxygens (including phenoxy) is 2. The van der Waals surface area contributed by atoms with Crippen LogP contribution in [0.1, 0.15) is 24.8 Å². The fourth-order valence-electron chi connectivity index (χ4n) is 2.90. The van der Waals surface area contributed by atoms with Crippen molar-refractivity contribution in [2.75, 3.05) is 6.79 Å². The van der Waals surface area contributed by atoms with Gasteiger partial charge in [0.1, 0.15) is 0 Å². The maximum absolute atomic E-state index is 12.1. The van der Waals surface area contributed by atoms with Crippen molar-refractivity contribution in [1.29, 1.82) is 0 Å². The number of rotatable bonds is 4. The molecule has 0 spiro atoms. The number of nitrogens with one attached hydrogen (secondary N) is 1. The number of hydrogen-bond acceptors (Lipinski definition) is 4. The van der Waals surface area contributed by atoms with Crippen LogP contribution < -0.4 is 14.8 Å². The smallest absolute Gasteiger partial charge is 0.306 e. The Morgan fingerprint density at radius 2 is 2.05 bits per heavy atom. The minimum absolute atomic E-state index is 0.0877. The molecule has 0 unspecified atom stereocenters. The summed E-state index contributed by atoms with van der Waals surface area (Å²) in [6.45, 7) is 0.558. The summed E-state index contributed by atoms with van der Waals surface area (Å²) in [6.07, 6.45) is 1.63. The molecule has 1 fully saturated rings. The SMILES string of the molecule is O=C(O)[C@@H]1CC[C@H](C(=O)NCc2cccc3c2OCO3)C1. The molecule has 1 aromatic rings. The van der Waals surface area contributed by atoms with Crippen molar-refractivity contribution in [3.8, 4) is 11.5 Å². The average molecular weight is 291 g/mol. The number of carbonyl (C=O) groups excluding carboxylic acids is 1. The summed E-state index contributed by atoms with van der Waals surface area (Å²) in [5.41, 5.74) is 0.867. The second-order valence-electron chi connectivity index (χ2n) is 5.41. The minimum Gasteiger partial charge on any atom is -0.481 e. The van der Waals surface area contributed by atoms with E-state index in [2.05, 4.69) is 5.32 Å². The first kappa shape index (κ1) is 13.7. The molecule has 6 heteroatoms. The summed E-state index contributed by atoms with van der Waals surface area (Å²) >= 11 is 0. The van der Waals surface area contributed by atoms with Crippen molar-refractivity contribution in [3.63, 3.8) is 0 Å². The van der Waals surface area contributed by atoms with Gasteiger partial charge >= 0.3 is 5.97 Å². The Labute approximate surface area is 122 Å². The Bertz CT molecular complexity index is 571. The number of carboxylic acids is 1. The van der Waals surface area contributed by atoms with Crippen LogP contribution in [-0.4, -0.2) is 23.8 Å². The molecule has 0 aromatic heterocycles. The van der Waals surface area contributed by atoms with Gasteiger partial charge in [-0.3, -0.25) is 9.59 Å². The first-order chi connectivity index (χ1) is 10.1. The van der Waals surface area contributed by atoms with E-state index in [0.29, 0.717) is 37.3 Å². The van der Waals surface area contributed by atoms with Gasteiger partial charge in [-0.25, -0.2) is 0 Å². The summed E-state index contributed by atoms with van der Waals surface area (Å²) < 4.78 is 10.7. The number of carboxylic acid groups (broad SMARTS) is 1. The van der Waals surface area contributed by atoms with Gasteiger partial charge < -0.3 is 19.9 Å². The van der Waals surface area contributed by atoms with Crippen LogP contribution in [0.15, 0.2) is 18.2 Å². The first-order valence-corrected chi connectivity index (χ1v) is 7.03. The molecular formula is C15H17NO5. The van der Waals surface area contributed by atoms with Crippen LogP contribution in [0, 0.1) is 11.8 Å². The van der Waals surface area contributed by atoms with E-state index in [1.165, 1.54) is 0 Å². The molecule has 0 bridgehead atoms. The quantitative estimate of drug-likeness (QED) is 0.879. The molecule has 2 atom stereocenters. The van der Waals surface area contributed by atoms with E-state index in [-0.39, 0.29) is 18.6 Å². The molecule has 0 radical (unpaired) electrons. The molecule has 1 aliphatic carbocycles. The van der Waals surface area contributed by atoms with Crippen LogP contribution >= 0.6 is 0 Å². The Morgan fingerprint density at radius 1 is 1.24 bits per heavy atom. The van der Waals surface area contributed by atoms with Crippen LogP contribution in [0.2, 0.25) is 0 Å². The van der Waals surface area contributed by atoms with Gasteiger partial charge in [-0.2, -0.15) is 0 Å². The van der Waals surface area contributed by atoms with Gasteiger partial charge in [-0.1, -0.05) is 12.1 Å². The lowest BCUT2D eigenvalue weighted by atomic mass is 10.0. The minimum atomic E-state index is -0.809. The molecule has 0 saturated heterocycles. The number of fused-ring (bicyclic) bond motifs is 1. The predicted molar refractivity (Wildman–Crippen MR) is 72.9 cm³/mol. The number of aliphatic carboxylic acids is 1. The molecule has 1 heterocycles. The number of hydrogen-bond donors (Lipinski definition) is 2. The Balaban J connectivity index is 1.57. The van der Waals surface area contributed by atoms with E-state index in [1.807, 2.05) is 18.2 Å². The largest absolute Gasteiger partial charge is 0.481 e. The van der Waals surface area contributed by atoms with E-state index in [9.17, 15) is 9.59 Å². The standard InChI is InChI=1S/C15H17NO5/c17-14(9-4-5-10(6-9)15(18)19)16-7-11-2-1-3-12-13(11)21-8-20-12/h1-3,9-10H,4-8H2,(H,16,17)(H,18,19)/t9-,10+/m0/s1. The van der Waals surface area contributed by atoms with Crippen molar-refractivity contribution in [2.45, 2.75) is 25.8 Å². The highest BCUT2D eigenvalue weighted by molar-refractivity contribution is 5.80. The lowest BCUT2D eigenvalue weighted by Crippen LogP contribution is -2.29. The summed E-state index contributed by atoms with van der Waals surface area (Å²) in [5, 5.41) is 11.8. The van der Waals surface area contributed by atoms with E-state index in [0.717, 1.165) is 5.56 Å². The zero-order valence-corrected chi connectivity index (χ0v) is 11.5. The normalized spacial score (nSPS) is 23.0. The van der Waals surface area contributed by atoms with E-state index < -0.39 is 11.9 Å². The molecule has 1 saturated carbocycles. The highest BCUT2D eigenvalue weighted by atomic mass is 16.7. The number of amides is 1. The zero-order valence-electron chi connectivity index (χ0n) is 11.5. The third-order valence-electron chi connectivity index (χ3n) is 4.08. The fraction of sp³-hybridized carbons (Fsp3) is 0.467. The van der Waals surface area contributed by atoms with Gasteiger partial charge in [-0.05, 0) is 25.3 Å². The van der Waals surface area contributed by atoms with Crippen molar-refractivity contribution in [1.82, 2.24) is 5.32 Å². The molecule has 3 rings (SSSR count). The van der Waals surface area contributed by atoms with E-state index >= 15 is 0 Å². The van der Waals surface area contributed by atoms with Crippen molar-refractivity contribution >= 4 is 11.9 Å². The molecule has 21 heavy (non-hydrogen) atoms. The molecule has 1 amide bonds. The maximum atomic E-state index is 12.1. The van der Waals surface area contributed by atoms with Crippen molar-refractivity contribution < 1.29 is 24.2 Å². The molecular weight excluding hydrogens is 274 g/mol.